The zero-order chi connectivity index (χ0) is 77.3. The molecule has 0 saturated heterocycles. The smallest absolute Gasteiger partial charge is 0.115 e. The molecule has 0 aliphatic carbocycles. The van der Waals surface area contributed by atoms with Gasteiger partial charge in [-0.1, -0.05) is 323 Å². The van der Waals surface area contributed by atoms with Gasteiger partial charge in [0.05, 0.1) is 5.60 Å². The number of benzene rings is 10. The highest BCUT2D eigenvalue weighted by molar-refractivity contribution is 5.52. The number of hydrogen-bond donors (Lipinski definition) is 9. The van der Waals surface area contributed by atoms with Crippen LogP contribution in [0.5, 0.6) is 46.0 Å². The average Bonchev–Trinajstić information content (AvgIpc) is 0.798. The molecule has 0 atom stereocenters. The molecule has 10 aromatic carbocycles. The molecule has 0 radical (unpaired) electrons. The second-order valence-corrected chi connectivity index (χ2v) is 29.3. The maximum atomic E-state index is 9.80. The summed E-state index contributed by atoms with van der Waals surface area (Å²) in [6.07, 6.45) is 27.5. The molecule has 9 N–H and O–H groups in total. The number of aromatic hydroxyl groups is 8. The Morgan fingerprint density at radius 3 is 0.453 bits per heavy atom. The zero-order valence-corrected chi connectivity index (χ0v) is 65.6. The summed E-state index contributed by atoms with van der Waals surface area (Å²) >= 11 is 0. The average molecular weight is 1440 g/mol. The lowest BCUT2D eigenvalue weighted by Gasteiger charge is -2.22. The van der Waals surface area contributed by atoms with Gasteiger partial charge in [0.15, 0.2) is 0 Å². The molecule has 0 fully saturated rings. The highest BCUT2D eigenvalue weighted by atomic mass is 16.3. The van der Waals surface area contributed by atoms with Crippen molar-refractivity contribution in [2.24, 2.45) is 5.41 Å². The van der Waals surface area contributed by atoms with Crippen molar-refractivity contribution in [1.82, 2.24) is 0 Å². The second kappa shape index (κ2) is 47.2. The van der Waals surface area contributed by atoms with Gasteiger partial charge in [-0.15, -0.1) is 0 Å². The Labute approximate surface area is 637 Å². The van der Waals surface area contributed by atoms with E-state index in [0.29, 0.717) is 5.41 Å². The summed E-state index contributed by atoms with van der Waals surface area (Å²) in [5, 5.41) is 87.9. The molecule has 0 unspecified atom stereocenters. The van der Waals surface area contributed by atoms with E-state index >= 15 is 0 Å². The summed E-state index contributed by atoms with van der Waals surface area (Å²) in [6, 6.07) is 74.4. The Hall–Kier alpha value is -9.44. The van der Waals surface area contributed by atoms with Crippen LogP contribution in [0.2, 0.25) is 0 Å². The van der Waals surface area contributed by atoms with E-state index in [-0.39, 0.29) is 69.7 Å². The minimum atomic E-state index is -0.457. The SMILES string of the molecule is CC.CC.CCCCCCCCCCCC(C)(C)C.CCCCCCCCCCCC(C)(C)O.Oc1ccc(C(c2ccc(O)cc2)c2ccc(C(c3ccc(O)cc3)c3ccc(O)cc3)cc2)cc1.Oc1ccc(C(c2ccc(O)cc2)c2ccc(C(c3ccc(O)cc3)c3ccc(O)cc3)cc2)cc1. The van der Waals surface area contributed by atoms with Crippen LogP contribution in [0, 0.1) is 5.41 Å². The summed E-state index contributed by atoms with van der Waals surface area (Å²) < 4.78 is 0. The minimum Gasteiger partial charge on any atom is -0.508 e. The molecule has 0 bridgehead atoms. The van der Waals surface area contributed by atoms with Crippen molar-refractivity contribution in [3.8, 4) is 46.0 Å². The lowest BCUT2D eigenvalue weighted by atomic mass is 9.81. The molecule has 106 heavy (non-hydrogen) atoms. The van der Waals surface area contributed by atoms with Crippen LogP contribution in [-0.4, -0.2) is 51.6 Å². The lowest BCUT2D eigenvalue weighted by molar-refractivity contribution is 0.0680. The van der Waals surface area contributed by atoms with Crippen molar-refractivity contribution in [2.45, 2.75) is 234 Å². The van der Waals surface area contributed by atoms with E-state index in [2.05, 4.69) is 83.1 Å². The first-order valence-corrected chi connectivity index (χ1v) is 39.3. The standard InChI is InChI=1S/2C32H26O4.C15H32.C14H30O.2C2H6/c2*33-27-13-5-23(6-14-27)31(24-7-15-28(34)16-8-24)21-1-2-22(4-3-21)32(25-9-17-29(35)18-10-25)26-11-19-30(36)20-12-26;1-5-6-7-8-9-10-11-12-13-14-15(2,3)4;1-4-5-6-7-8-9-10-11-12-13-14(2,3)15;2*1-2/h2*1-20,31-36H;5-14H2,1-4H3;15H,4-13H2,1-3H3;2*1-2H3. The normalized spacial score (nSPS) is 11.1. The van der Waals surface area contributed by atoms with Crippen molar-refractivity contribution >= 4 is 0 Å². The first-order chi connectivity index (χ1) is 51.1. The van der Waals surface area contributed by atoms with Crippen molar-refractivity contribution in [3.63, 3.8) is 0 Å². The molecule has 568 valence electrons. The summed E-state index contributed by atoms with van der Waals surface area (Å²) in [5.41, 5.74) is 12.6. The zero-order valence-electron chi connectivity index (χ0n) is 65.6. The highest BCUT2D eigenvalue weighted by Crippen LogP contribution is 2.41. The molecule has 10 aromatic rings. The Bertz CT molecular complexity index is 3220. The van der Waals surface area contributed by atoms with Crippen molar-refractivity contribution < 1.29 is 46.0 Å². The van der Waals surface area contributed by atoms with E-state index in [1.165, 1.54) is 122 Å². The van der Waals surface area contributed by atoms with E-state index in [0.717, 1.165) is 73.2 Å². The fourth-order valence-corrected chi connectivity index (χ4v) is 13.2. The fraction of sp³-hybridized carbons (Fsp3) is 0.381. The molecule has 0 spiro atoms. The van der Waals surface area contributed by atoms with Gasteiger partial charge in [0.25, 0.3) is 0 Å². The van der Waals surface area contributed by atoms with Gasteiger partial charge in [0.2, 0.25) is 0 Å². The predicted molar refractivity (Wildman–Crippen MR) is 444 cm³/mol. The quantitative estimate of drug-likeness (QED) is 0.0151. The number of phenolic OH excluding ortho intramolecular Hbond substituents is 8. The largest absolute Gasteiger partial charge is 0.508 e. The molecule has 0 aliphatic rings. The number of rotatable bonds is 31. The van der Waals surface area contributed by atoms with Crippen LogP contribution in [0.4, 0.5) is 0 Å². The summed E-state index contributed by atoms with van der Waals surface area (Å²) in [6.45, 7) is 23.4. The molecule has 0 heterocycles. The van der Waals surface area contributed by atoms with Gasteiger partial charge in [0, 0.05) is 23.7 Å². The second-order valence-electron chi connectivity index (χ2n) is 29.3. The molecule has 9 nitrogen and oxygen atoms in total. The first kappa shape index (κ1) is 87.2. The van der Waals surface area contributed by atoms with Gasteiger partial charge in [-0.05, 0) is 196 Å². The molecule has 10 rings (SSSR count). The lowest BCUT2D eigenvalue weighted by Crippen LogP contribution is -2.17. The molecule has 0 aliphatic heterocycles. The topological polar surface area (TPSA) is 182 Å². The molecule has 0 saturated carbocycles. The van der Waals surface area contributed by atoms with Gasteiger partial charge in [0.1, 0.15) is 46.0 Å². The summed E-state index contributed by atoms with van der Waals surface area (Å²) in [4.78, 5) is 0. The van der Waals surface area contributed by atoms with E-state index < -0.39 is 5.60 Å². The summed E-state index contributed by atoms with van der Waals surface area (Å²) in [5.74, 6) is 1.37. The van der Waals surface area contributed by atoms with E-state index in [1.54, 1.807) is 97.1 Å². The van der Waals surface area contributed by atoms with Crippen LogP contribution in [0.15, 0.2) is 243 Å². The third kappa shape index (κ3) is 31.3. The Morgan fingerprint density at radius 2 is 0.321 bits per heavy atom. The molecule has 9 heteroatoms. The Balaban J connectivity index is 0.000000269. The third-order valence-corrected chi connectivity index (χ3v) is 18.9. The van der Waals surface area contributed by atoms with Crippen LogP contribution in [0.1, 0.15) is 295 Å². The fourth-order valence-electron chi connectivity index (χ4n) is 13.2. The van der Waals surface area contributed by atoms with Crippen LogP contribution in [0.25, 0.3) is 0 Å². The van der Waals surface area contributed by atoms with Gasteiger partial charge < -0.3 is 46.0 Å². The number of phenols is 8. The molecule has 0 aromatic heterocycles. The number of unbranched alkanes of at least 4 members (excludes halogenated alkanes) is 16. The van der Waals surface area contributed by atoms with Gasteiger partial charge >= 0.3 is 0 Å². The molecular formula is C97H126O9. The number of hydrogen-bond acceptors (Lipinski definition) is 9. The van der Waals surface area contributed by atoms with E-state index in [4.69, 9.17) is 0 Å². The van der Waals surface area contributed by atoms with E-state index in [1.807, 2.05) is 139 Å². The number of aliphatic hydroxyl groups is 1. The minimum absolute atomic E-state index is 0.0824. The maximum absolute atomic E-state index is 9.80. The van der Waals surface area contributed by atoms with Crippen molar-refractivity contribution in [3.05, 3.63) is 309 Å². The van der Waals surface area contributed by atoms with Crippen molar-refractivity contribution in [1.29, 1.82) is 0 Å². The Kier molecular flexibility index (Phi) is 38.8. The van der Waals surface area contributed by atoms with Gasteiger partial charge in [-0.25, -0.2) is 0 Å². The van der Waals surface area contributed by atoms with Gasteiger partial charge in [-0.2, -0.15) is 0 Å². The third-order valence-electron chi connectivity index (χ3n) is 18.9. The Morgan fingerprint density at radius 1 is 0.198 bits per heavy atom. The molecular weight excluding hydrogens is 1310 g/mol. The van der Waals surface area contributed by atoms with Crippen LogP contribution in [0.3, 0.4) is 0 Å². The predicted octanol–water partition coefficient (Wildman–Crippen LogP) is 26.4. The highest BCUT2D eigenvalue weighted by Gasteiger charge is 2.24. The van der Waals surface area contributed by atoms with Crippen molar-refractivity contribution in [2.75, 3.05) is 0 Å². The monoisotopic (exact) mass is 1430 g/mol. The van der Waals surface area contributed by atoms with Crippen LogP contribution < -0.4 is 0 Å². The van der Waals surface area contributed by atoms with Crippen LogP contribution in [-0.2, 0) is 0 Å². The summed E-state index contributed by atoms with van der Waals surface area (Å²) in [7, 11) is 0. The first-order valence-electron chi connectivity index (χ1n) is 39.3. The van der Waals surface area contributed by atoms with Gasteiger partial charge in [-0.3, -0.25) is 0 Å². The maximum Gasteiger partial charge on any atom is 0.115 e. The van der Waals surface area contributed by atoms with Crippen LogP contribution >= 0.6 is 0 Å². The van der Waals surface area contributed by atoms with E-state index in [9.17, 15) is 46.0 Å². The molecule has 0 amide bonds.